The van der Waals surface area contributed by atoms with Crippen LogP contribution in [-0.2, 0) is 0 Å². The van der Waals surface area contributed by atoms with Gasteiger partial charge in [-0.1, -0.05) is 0 Å². The molecule has 0 amide bonds. The van der Waals surface area contributed by atoms with Gasteiger partial charge in [0.1, 0.15) is 11.6 Å². The van der Waals surface area contributed by atoms with Crippen molar-refractivity contribution in [1.82, 2.24) is 4.98 Å². The Hall–Kier alpha value is -3.32. The highest BCUT2D eigenvalue weighted by Crippen LogP contribution is 2.34. The van der Waals surface area contributed by atoms with Gasteiger partial charge in [0.2, 0.25) is 5.75 Å². The van der Waals surface area contributed by atoms with Gasteiger partial charge in [-0.3, -0.25) is 15.1 Å². The minimum Gasteiger partial charge on any atom is -0.448 e. The van der Waals surface area contributed by atoms with Crippen LogP contribution in [0, 0.1) is 15.9 Å². The third kappa shape index (κ3) is 3.84. The van der Waals surface area contributed by atoms with Crippen LogP contribution in [0.3, 0.4) is 0 Å². The van der Waals surface area contributed by atoms with Crippen LogP contribution < -0.4 is 4.74 Å². The third-order valence-corrected chi connectivity index (χ3v) is 3.77. The number of benzene rings is 2. The molecule has 1 N–H and O–H groups in total. The lowest BCUT2D eigenvalue weighted by Crippen LogP contribution is -1.97. The van der Waals surface area contributed by atoms with E-state index < -0.39 is 11.0 Å². The SMILES string of the molecule is CC(O)c1ccc([N+](=O)[O-])c(Oc2ccc(-c3ccc(F)cc3)nc2)c1. The Morgan fingerprint density at radius 2 is 1.88 bits per heavy atom. The molecule has 3 aromatic rings. The van der Waals surface area contributed by atoms with Crippen molar-refractivity contribution in [2.24, 2.45) is 0 Å². The van der Waals surface area contributed by atoms with Crippen LogP contribution in [0.5, 0.6) is 11.5 Å². The summed E-state index contributed by atoms with van der Waals surface area (Å²) in [6.07, 6.45) is 0.648. The Balaban J connectivity index is 1.88. The standard InChI is InChI=1S/C19H15FN2O4/c1-12(23)14-4-9-18(22(24)25)19(10-14)26-16-7-8-17(21-11-16)13-2-5-15(20)6-3-13/h2-12,23H,1H3. The lowest BCUT2D eigenvalue weighted by Gasteiger charge is -2.10. The van der Waals surface area contributed by atoms with Gasteiger partial charge in [-0.15, -0.1) is 0 Å². The first-order valence-corrected chi connectivity index (χ1v) is 7.80. The molecular weight excluding hydrogens is 339 g/mol. The lowest BCUT2D eigenvalue weighted by molar-refractivity contribution is -0.385. The molecule has 132 valence electrons. The molecule has 7 heteroatoms. The molecule has 0 spiro atoms. The first-order valence-electron chi connectivity index (χ1n) is 7.80. The molecule has 2 aromatic carbocycles. The minimum atomic E-state index is -0.780. The van der Waals surface area contributed by atoms with Crippen LogP contribution in [0.1, 0.15) is 18.6 Å². The van der Waals surface area contributed by atoms with Gasteiger partial charge >= 0.3 is 5.69 Å². The summed E-state index contributed by atoms with van der Waals surface area (Å²) in [5.74, 6) is -0.00885. The fraction of sp³-hybridized carbons (Fsp3) is 0.105. The van der Waals surface area contributed by atoms with Crippen molar-refractivity contribution >= 4 is 5.69 Å². The molecule has 0 fully saturated rings. The van der Waals surface area contributed by atoms with E-state index in [0.717, 1.165) is 5.56 Å². The Kier molecular flexibility index (Phi) is 4.90. The van der Waals surface area contributed by atoms with Crippen molar-refractivity contribution in [2.45, 2.75) is 13.0 Å². The largest absolute Gasteiger partial charge is 0.448 e. The number of rotatable bonds is 5. The maximum Gasteiger partial charge on any atom is 0.311 e. The van der Waals surface area contributed by atoms with Gasteiger partial charge in [-0.25, -0.2) is 4.39 Å². The van der Waals surface area contributed by atoms with E-state index in [2.05, 4.69) is 4.98 Å². The molecule has 0 aliphatic carbocycles. The van der Waals surface area contributed by atoms with Crippen LogP contribution in [-0.4, -0.2) is 15.0 Å². The molecule has 0 saturated heterocycles. The molecular formula is C19H15FN2O4. The maximum absolute atomic E-state index is 13.0. The van der Waals surface area contributed by atoms with Crippen molar-refractivity contribution in [2.75, 3.05) is 0 Å². The van der Waals surface area contributed by atoms with E-state index in [4.69, 9.17) is 4.74 Å². The predicted octanol–water partition coefficient (Wildman–Crippen LogP) is 4.64. The van der Waals surface area contributed by atoms with Gasteiger partial charge in [0.25, 0.3) is 0 Å². The highest BCUT2D eigenvalue weighted by Gasteiger charge is 2.18. The molecule has 26 heavy (non-hydrogen) atoms. The van der Waals surface area contributed by atoms with Crippen LogP contribution in [0.25, 0.3) is 11.3 Å². The zero-order valence-electron chi connectivity index (χ0n) is 13.8. The first-order chi connectivity index (χ1) is 12.4. The van der Waals surface area contributed by atoms with E-state index in [-0.39, 0.29) is 17.3 Å². The molecule has 1 atom stereocenters. The van der Waals surface area contributed by atoms with Gasteiger partial charge in [0, 0.05) is 11.6 Å². The van der Waals surface area contributed by atoms with Gasteiger partial charge in [0.15, 0.2) is 0 Å². The number of halogens is 1. The molecule has 0 saturated carbocycles. The molecule has 0 radical (unpaired) electrons. The predicted molar refractivity (Wildman–Crippen MR) is 93.4 cm³/mol. The minimum absolute atomic E-state index is 0.0183. The number of aliphatic hydroxyl groups excluding tert-OH is 1. The second-order valence-electron chi connectivity index (χ2n) is 5.65. The monoisotopic (exact) mass is 354 g/mol. The lowest BCUT2D eigenvalue weighted by atomic mass is 10.1. The van der Waals surface area contributed by atoms with Gasteiger partial charge < -0.3 is 9.84 Å². The smallest absolute Gasteiger partial charge is 0.311 e. The molecule has 1 unspecified atom stereocenters. The van der Waals surface area contributed by atoms with Crippen LogP contribution >= 0.6 is 0 Å². The topological polar surface area (TPSA) is 85.5 Å². The van der Waals surface area contributed by atoms with Crippen molar-refractivity contribution in [3.05, 3.63) is 82.3 Å². The van der Waals surface area contributed by atoms with E-state index in [1.807, 2.05) is 0 Å². The third-order valence-electron chi connectivity index (χ3n) is 3.77. The number of nitro benzene ring substituents is 1. The van der Waals surface area contributed by atoms with Gasteiger partial charge in [0.05, 0.1) is 22.9 Å². The first kappa shape index (κ1) is 17.5. The number of nitro groups is 1. The summed E-state index contributed by atoms with van der Waals surface area (Å²) in [5, 5.41) is 20.8. The van der Waals surface area contributed by atoms with Crippen molar-refractivity contribution in [3.63, 3.8) is 0 Å². The van der Waals surface area contributed by atoms with Crippen molar-refractivity contribution in [1.29, 1.82) is 0 Å². The fourth-order valence-electron chi connectivity index (χ4n) is 2.38. The Labute approximate surface area is 148 Å². The van der Waals surface area contributed by atoms with E-state index in [9.17, 15) is 19.6 Å². The zero-order chi connectivity index (χ0) is 18.7. The van der Waals surface area contributed by atoms with E-state index in [0.29, 0.717) is 17.0 Å². The number of pyridine rings is 1. The van der Waals surface area contributed by atoms with Crippen LogP contribution in [0.2, 0.25) is 0 Å². The van der Waals surface area contributed by atoms with E-state index in [1.54, 1.807) is 31.2 Å². The Morgan fingerprint density at radius 1 is 1.15 bits per heavy atom. The Bertz CT molecular complexity index is 925. The summed E-state index contributed by atoms with van der Waals surface area (Å²) in [7, 11) is 0. The summed E-state index contributed by atoms with van der Waals surface area (Å²) in [6.45, 7) is 1.56. The normalized spacial score (nSPS) is 11.8. The molecule has 0 aliphatic heterocycles. The van der Waals surface area contributed by atoms with Crippen LogP contribution in [0.4, 0.5) is 10.1 Å². The quantitative estimate of drug-likeness (QED) is 0.533. The zero-order valence-corrected chi connectivity index (χ0v) is 13.8. The molecule has 0 bridgehead atoms. The van der Waals surface area contributed by atoms with E-state index >= 15 is 0 Å². The summed E-state index contributed by atoms with van der Waals surface area (Å²) < 4.78 is 18.6. The highest BCUT2D eigenvalue weighted by atomic mass is 19.1. The number of nitrogens with zero attached hydrogens (tertiary/aromatic N) is 2. The highest BCUT2D eigenvalue weighted by molar-refractivity contribution is 5.59. The van der Waals surface area contributed by atoms with Gasteiger partial charge in [-0.05, 0) is 61.0 Å². The van der Waals surface area contributed by atoms with Crippen molar-refractivity contribution in [3.8, 4) is 22.8 Å². The summed E-state index contributed by atoms with van der Waals surface area (Å²) in [4.78, 5) is 14.9. The fourth-order valence-corrected chi connectivity index (χ4v) is 2.38. The number of ether oxygens (including phenoxy) is 1. The second kappa shape index (κ2) is 7.28. The average molecular weight is 354 g/mol. The summed E-state index contributed by atoms with van der Waals surface area (Å²) in [6, 6.07) is 13.4. The molecule has 1 heterocycles. The Morgan fingerprint density at radius 3 is 2.46 bits per heavy atom. The number of aliphatic hydroxyl groups is 1. The molecule has 3 rings (SSSR count). The average Bonchev–Trinajstić information content (AvgIpc) is 2.63. The molecule has 0 aliphatic rings. The number of hydrogen-bond acceptors (Lipinski definition) is 5. The summed E-state index contributed by atoms with van der Waals surface area (Å²) in [5.41, 5.74) is 1.64. The number of hydrogen-bond donors (Lipinski definition) is 1. The summed E-state index contributed by atoms with van der Waals surface area (Å²) >= 11 is 0. The van der Waals surface area contributed by atoms with E-state index in [1.165, 1.54) is 36.5 Å². The van der Waals surface area contributed by atoms with Gasteiger partial charge in [-0.2, -0.15) is 0 Å². The second-order valence-corrected chi connectivity index (χ2v) is 5.65. The number of aromatic nitrogens is 1. The van der Waals surface area contributed by atoms with Crippen LogP contribution in [0.15, 0.2) is 60.8 Å². The molecule has 6 nitrogen and oxygen atoms in total. The molecule has 1 aromatic heterocycles. The maximum atomic E-state index is 13.0. The van der Waals surface area contributed by atoms with Crippen molar-refractivity contribution < 1.29 is 19.2 Å².